The molecule has 1 aromatic rings. The zero-order valence-electron chi connectivity index (χ0n) is 19.6. The van der Waals surface area contributed by atoms with Crippen LogP contribution in [0, 0.1) is 12.8 Å². The molecule has 2 saturated heterocycles. The number of piperidine rings is 1. The fourth-order valence-electron chi connectivity index (χ4n) is 4.39. The number of ketones is 1. The van der Waals surface area contributed by atoms with Crippen molar-refractivity contribution in [2.45, 2.75) is 71.4 Å². The molecule has 7 heteroatoms. The Morgan fingerprint density at radius 3 is 2.22 bits per heavy atom. The van der Waals surface area contributed by atoms with Crippen molar-refractivity contribution in [2.24, 2.45) is 5.92 Å². The van der Waals surface area contributed by atoms with Crippen molar-refractivity contribution in [1.82, 2.24) is 15.1 Å². The number of nitrogens with one attached hydrogen (secondary N) is 1. The van der Waals surface area contributed by atoms with E-state index >= 15 is 0 Å². The topological polar surface area (TPSA) is 86.8 Å². The van der Waals surface area contributed by atoms with Crippen molar-refractivity contribution >= 4 is 23.5 Å². The van der Waals surface area contributed by atoms with E-state index in [4.69, 9.17) is 0 Å². The maximum absolute atomic E-state index is 12.7. The quantitative estimate of drug-likeness (QED) is 0.688. The van der Waals surface area contributed by atoms with Crippen LogP contribution in [-0.4, -0.2) is 64.5 Å². The summed E-state index contributed by atoms with van der Waals surface area (Å²) in [5.41, 5.74) is 1.46. The van der Waals surface area contributed by atoms with Crippen LogP contribution in [0.3, 0.4) is 0 Å². The van der Waals surface area contributed by atoms with Crippen LogP contribution in [0.1, 0.15) is 68.8 Å². The zero-order valence-corrected chi connectivity index (χ0v) is 19.6. The predicted molar refractivity (Wildman–Crippen MR) is 122 cm³/mol. The van der Waals surface area contributed by atoms with Gasteiger partial charge >= 0.3 is 0 Å². The third kappa shape index (κ3) is 5.96. The molecular weight excluding hydrogens is 406 g/mol. The number of carbonyl (C=O) groups is 4. The Bertz CT molecular complexity index is 864. The fourth-order valence-corrected chi connectivity index (χ4v) is 4.39. The molecule has 174 valence electrons. The lowest BCUT2D eigenvalue weighted by atomic mass is 10.0. The minimum Gasteiger partial charge on any atom is -0.353 e. The predicted octanol–water partition coefficient (Wildman–Crippen LogP) is 2.71. The Labute approximate surface area is 190 Å². The Balaban J connectivity index is 1.40. The first-order chi connectivity index (χ1) is 15.0. The molecule has 2 aliphatic rings. The van der Waals surface area contributed by atoms with Crippen LogP contribution in [0.15, 0.2) is 24.3 Å². The van der Waals surface area contributed by atoms with Crippen LogP contribution in [0.5, 0.6) is 0 Å². The van der Waals surface area contributed by atoms with Crippen molar-refractivity contribution < 1.29 is 19.2 Å². The van der Waals surface area contributed by atoms with Crippen molar-refractivity contribution in [2.75, 3.05) is 19.6 Å². The monoisotopic (exact) mass is 441 g/mol. The molecule has 2 heterocycles. The molecule has 0 aromatic heterocycles. The molecule has 1 N–H and O–H groups in total. The summed E-state index contributed by atoms with van der Waals surface area (Å²) >= 11 is 0. The van der Waals surface area contributed by atoms with Crippen LogP contribution in [0.25, 0.3) is 0 Å². The lowest BCUT2D eigenvalue weighted by molar-refractivity contribution is -0.133. The third-order valence-electron chi connectivity index (χ3n) is 6.44. The summed E-state index contributed by atoms with van der Waals surface area (Å²) in [6, 6.07) is 7.41. The van der Waals surface area contributed by atoms with E-state index in [2.05, 4.69) is 5.32 Å². The highest BCUT2D eigenvalue weighted by atomic mass is 16.2. The van der Waals surface area contributed by atoms with Gasteiger partial charge in [0.15, 0.2) is 5.78 Å². The molecule has 2 fully saturated rings. The van der Waals surface area contributed by atoms with Gasteiger partial charge in [-0.05, 0) is 40.5 Å². The van der Waals surface area contributed by atoms with Crippen molar-refractivity contribution in [3.8, 4) is 0 Å². The first-order valence-electron chi connectivity index (χ1n) is 11.5. The van der Waals surface area contributed by atoms with E-state index in [1.165, 1.54) is 0 Å². The maximum atomic E-state index is 12.7. The number of aryl methyl sites for hydroxylation is 1. The number of nitrogens with zero attached hydrogens (tertiary/aromatic N) is 2. The first kappa shape index (κ1) is 24.0. The summed E-state index contributed by atoms with van der Waals surface area (Å²) in [7, 11) is 0. The van der Waals surface area contributed by atoms with Crippen LogP contribution < -0.4 is 5.32 Å². The third-order valence-corrected chi connectivity index (χ3v) is 6.44. The van der Waals surface area contributed by atoms with Gasteiger partial charge in [-0.15, -0.1) is 0 Å². The minimum atomic E-state index is -0.311. The number of amides is 3. The maximum Gasteiger partial charge on any atom is 0.225 e. The van der Waals surface area contributed by atoms with Gasteiger partial charge in [-0.1, -0.05) is 29.8 Å². The van der Waals surface area contributed by atoms with E-state index in [1.807, 2.05) is 39.8 Å². The molecule has 2 aliphatic heterocycles. The van der Waals surface area contributed by atoms with E-state index in [-0.39, 0.29) is 60.3 Å². The summed E-state index contributed by atoms with van der Waals surface area (Å²) in [5.74, 6) is -0.389. The highest BCUT2D eigenvalue weighted by molar-refractivity contribution is 5.98. The molecule has 1 aromatic carbocycles. The number of hydrogen-bond donors (Lipinski definition) is 1. The van der Waals surface area contributed by atoms with E-state index < -0.39 is 0 Å². The molecule has 0 saturated carbocycles. The second-order valence-corrected chi connectivity index (χ2v) is 10.0. The molecule has 0 radical (unpaired) electrons. The van der Waals surface area contributed by atoms with Crippen molar-refractivity contribution in [3.63, 3.8) is 0 Å². The first-order valence-corrected chi connectivity index (χ1v) is 11.5. The summed E-state index contributed by atoms with van der Waals surface area (Å²) in [6.45, 7) is 9.50. The fraction of sp³-hybridized carbons (Fsp3) is 0.600. The normalized spacial score (nSPS) is 19.9. The highest BCUT2D eigenvalue weighted by Crippen LogP contribution is 2.26. The van der Waals surface area contributed by atoms with Gasteiger partial charge < -0.3 is 15.1 Å². The van der Waals surface area contributed by atoms with E-state index in [0.717, 1.165) is 5.56 Å². The second kappa shape index (κ2) is 9.84. The number of rotatable bonds is 6. The number of Topliss-reactive ketones (excluding diaryl/α,β-unsaturated/α-hetero) is 1. The molecule has 3 amide bonds. The van der Waals surface area contributed by atoms with Crippen LogP contribution in [0.2, 0.25) is 0 Å². The smallest absolute Gasteiger partial charge is 0.225 e. The average Bonchev–Trinajstić information content (AvgIpc) is 3.15. The molecule has 0 spiro atoms. The summed E-state index contributed by atoms with van der Waals surface area (Å²) in [4.78, 5) is 53.3. The highest BCUT2D eigenvalue weighted by Gasteiger charge is 2.40. The summed E-state index contributed by atoms with van der Waals surface area (Å²) in [6.07, 6.45) is 2.05. The van der Waals surface area contributed by atoms with E-state index in [0.29, 0.717) is 38.0 Å². The zero-order chi connectivity index (χ0) is 23.5. The van der Waals surface area contributed by atoms with E-state index in [9.17, 15) is 19.2 Å². The Morgan fingerprint density at radius 1 is 1.03 bits per heavy atom. The van der Waals surface area contributed by atoms with Crippen LogP contribution in [0.4, 0.5) is 0 Å². The standard InChI is InChI=1S/C25H35N3O4/c1-17-5-7-18(8-6-17)21(29)9-10-22(30)27-13-11-20(12-14-27)26-24(32)19-15-23(31)28(16-19)25(2,3)4/h5-8,19-20H,9-16H2,1-4H3,(H,26,32). The Hall–Kier alpha value is -2.70. The number of likely N-dealkylation sites (tertiary alicyclic amines) is 2. The molecule has 32 heavy (non-hydrogen) atoms. The second-order valence-electron chi connectivity index (χ2n) is 10.0. The van der Waals surface area contributed by atoms with Gasteiger partial charge in [-0.3, -0.25) is 19.2 Å². The molecule has 7 nitrogen and oxygen atoms in total. The molecule has 0 aliphatic carbocycles. The minimum absolute atomic E-state index is 0.0135. The summed E-state index contributed by atoms with van der Waals surface area (Å²) < 4.78 is 0. The molecule has 1 atom stereocenters. The molecule has 0 bridgehead atoms. The van der Waals surface area contributed by atoms with Gasteiger partial charge in [0, 0.05) is 56.0 Å². The number of hydrogen-bond acceptors (Lipinski definition) is 4. The Kier molecular flexibility index (Phi) is 7.36. The molecule has 1 unspecified atom stereocenters. The van der Waals surface area contributed by atoms with Gasteiger partial charge in [0.05, 0.1) is 5.92 Å². The van der Waals surface area contributed by atoms with Crippen molar-refractivity contribution in [1.29, 1.82) is 0 Å². The van der Waals surface area contributed by atoms with Gasteiger partial charge in [0.2, 0.25) is 17.7 Å². The van der Waals surface area contributed by atoms with Gasteiger partial charge in [-0.25, -0.2) is 0 Å². The van der Waals surface area contributed by atoms with Crippen LogP contribution in [-0.2, 0) is 14.4 Å². The lowest BCUT2D eigenvalue weighted by Gasteiger charge is -2.33. The molecular formula is C25H35N3O4. The number of benzene rings is 1. The summed E-state index contributed by atoms with van der Waals surface area (Å²) in [5, 5.41) is 3.08. The molecule has 3 rings (SSSR count). The van der Waals surface area contributed by atoms with Crippen LogP contribution >= 0.6 is 0 Å². The van der Waals surface area contributed by atoms with Gasteiger partial charge in [0.25, 0.3) is 0 Å². The lowest BCUT2D eigenvalue weighted by Crippen LogP contribution is -2.48. The Morgan fingerprint density at radius 2 is 1.66 bits per heavy atom. The van der Waals surface area contributed by atoms with E-state index in [1.54, 1.807) is 21.9 Å². The van der Waals surface area contributed by atoms with Gasteiger partial charge in [-0.2, -0.15) is 0 Å². The number of carbonyl (C=O) groups excluding carboxylic acids is 4. The van der Waals surface area contributed by atoms with Gasteiger partial charge in [0.1, 0.15) is 0 Å². The average molecular weight is 442 g/mol. The largest absolute Gasteiger partial charge is 0.353 e. The van der Waals surface area contributed by atoms with Crippen molar-refractivity contribution in [3.05, 3.63) is 35.4 Å². The SMILES string of the molecule is Cc1ccc(C(=O)CCC(=O)N2CCC(NC(=O)C3CC(=O)N(C(C)(C)C)C3)CC2)cc1.